The van der Waals surface area contributed by atoms with Crippen molar-refractivity contribution in [3.05, 3.63) is 81.2 Å². The Morgan fingerprint density at radius 2 is 1.83 bits per heavy atom. The fraction of sp³-hybridized carbons (Fsp3) is 0.370. The van der Waals surface area contributed by atoms with Crippen LogP contribution in [0.3, 0.4) is 0 Å². The summed E-state index contributed by atoms with van der Waals surface area (Å²) in [6.45, 7) is 16.6. The summed E-state index contributed by atoms with van der Waals surface area (Å²) in [6.07, 6.45) is 8.16. The van der Waals surface area contributed by atoms with Crippen LogP contribution in [0.4, 0.5) is 0 Å². The first-order valence-corrected chi connectivity index (χ1v) is 11.0. The van der Waals surface area contributed by atoms with Crippen LogP contribution in [0.2, 0.25) is 0 Å². The number of aryl methyl sites for hydroxylation is 3. The summed E-state index contributed by atoms with van der Waals surface area (Å²) in [5, 5.41) is 1.45. The van der Waals surface area contributed by atoms with Gasteiger partial charge < -0.3 is 4.90 Å². The Kier molecular flexibility index (Phi) is 3.40. The van der Waals surface area contributed by atoms with Gasteiger partial charge in [-0.05, 0) is 91.5 Å². The van der Waals surface area contributed by atoms with Gasteiger partial charge in [0.25, 0.3) is 0 Å². The van der Waals surface area contributed by atoms with Gasteiger partial charge in [0, 0.05) is 22.6 Å². The molecule has 2 aliphatic heterocycles. The van der Waals surface area contributed by atoms with Gasteiger partial charge in [0.2, 0.25) is 0 Å². The maximum absolute atomic E-state index is 5.27. The molecule has 29 heavy (non-hydrogen) atoms. The molecule has 2 aromatic rings. The van der Waals surface area contributed by atoms with Crippen molar-refractivity contribution >= 4 is 16.6 Å². The molecule has 3 heterocycles. The average molecular weight is 381 g/mol. The first-order chi connectivity index (χ1) is 14.0. The molecule has 0 saturated carbocycles. The first kappa shape index (κ1) is 17.3. The number of pyridine rings is 1. The number of rotatable bonds is 0. The third kappa shape index (κ3) is 2.15. The lowest BCUT2D eigenvalue weighted by Gasteiger charge is -2.36. The van der Waals surface area contributed by atoms with E-state index in [1.54, 1.807) is 5.56 Å². The summed E-state index contributed by atoms with van der Waals surface area (Å²) in [4.78, 5) is 7.70. The summed E-state index contributed by atoms with van der Waals surface area (Å²) < 4.78 is 0. The second-order valence-electron chi connectivity index (χ2n) is 9.34. The second-order valence-corrected chi connectivity index (χ2v) is 9.34. The molecule has 0 fully saturated rings. The van der Waals surface area contributed by atoms with E-state index < -0.39 is 0 Å². The van der Waals surface area contributed by atoms with Gasteiger partial charge in [0.15, 0.2) is 0 Å². The molecule has 6 rings (SSSR count). The van der Waals surface area contributed by atoms with Crippen molar-refractivity contribution in [2.24, 2.45) is 5.92 Å². The molecule has 0 bridgehead atoms. The lowest BCUT2D eigenvalue weighted by atomic mass is 9.78. The fourth-order valence-electron chi connectivity index (χ4n) is 6.00. The molecule has 1 aromatic carbocycles. The van der Waals surface area contributed by atoms with Crippen molar-refractivity contribution in [2.45, 2.75) is 59.4 Å². The standard InChI is InChI=1S/C27H28N2/c1-14-9-10-20-18(5)29-13-23-21-8-6-7-19-17(4)15(2)11-24(26(19)21)28-27(23)25(29)12-22(20)16(14)3/h11-12,16H,1,5-10,13H2,2-4H3. The summed E-state index contributed by atoms with van der Waals surface area (Å²) in [6, 6.07) is 2.31. The number of hydrogen-bond acceptors (Lipinski definition) is 2. The molecule has 0 N–H and O–H groups in total. The van der Waals surface area contributed by atoms with E-state index in [2.05, 4.69) is 51.0 Å². The van der Waals surface area contributed by atoms with Crippen LogP contribution in [0.25, 0.3) is 16.6 Å². The van der Waals surface area contributed by atoms with Crippen LogP contribution >= 0.6 is 0 Å². The van der Waals surface area contributed by atoms with Gasteiger partial charge in [-0.3, -0.25) is 0 Å². The van der Waals surface area contributed by atoms with E-state index in [9.17, 15) is 0 Å². The third-order valence-corrected chi connectivity index (χ3v) is 7.93. The molecule has 146 valence electrons. The predicted molar refractivity (Wildman–Crippen MR) is 120 cm³/mol. The molecule has 2 heteroatoms. The first-order valence-electron chi connectivity index (χ1n) is 11.0. The molecule has 0 radical (unpaired) electrons. The minimum absolute atomic E-state index is 0.407. The fourth-order valence-corrected chi connectivity index (χ4v) is 6.00. The van der Waals surface area contributed by atoms with E-state index >= 15 is 0 Å². The molecule has 1 atom stereocenters. The van der Waals surface area contributed by atoms with Gasteiger partial charge in [0.05, 0.1) is 23.5 Å². The largest absolute Gasteiger partial charge is 0.335 e. The highest BCUT2D eigenvalue weighted by molar-refractivity contribution is 5.93. The summed E-state index contributed by atoms with van der Waals surface area (Å²) in [5.41, 5.74) is 16.4. The van der Waals surface area contributed by atoms with Gasteiger partial charge in [-0.2, -0.15) is 0 Å². The van der Waals surface area contributed by atoms with Gasteiger partial charge >= 0.3 is 0 Å². The Labute approximate surface area is 173 Å². The zero-order valence-corrected chi connectivity index (χ0v) is 17.8. The monoisotopic (exact) mass is 380 g/mol. The van der Waals surface area contributed by atoms with Crippen LogP contribution in [0.15, 0.2) is 47.7 Å². The summed E-state index contributed by atoms with van der Waals surface area (Å²) >= 11 is 0. The molecule has 0 saturated heterocycles. The van der Waals surface area contributed by atoms with E-state index in [1.807, 2.05) is 0 Å². The van der Waals surface area contributed by atoms with Crippen molar-refractivity contribution in [3.63, 3.8) is 0 Å². The topological polar surface area (TPSA) is 16.1 Å². The van der Waals surface area contributed by atoms with Crippen molar-refractivity contribution < 1.29 is 0 Å². The Hall–Kier alpha value is -2.61. The molecule has 0 spiro atoms. The molecule has 1 aromatic heterocycles. The number of nitrogens with zero attached hydrogens (tertiary/aromatic N) is 2. The van der Waals surface area contributed by atoms with Crippen LogP contribution in [0.5, 0.6) is 0 Å². The number of aromatic nitrogens is 1. The van der Waals surface area contributed by atoms with E-state index in [0.717, 1.165) is 19.4 Å². The molecule has 0 amide bonds. The summed E-state index contributed by atoms with van der Waals surface area (Å²) in [5.74, 6) is 0.407. The second kappa shape index (κ2) is 5.72. The minimum atomic E-state index is 0.407. The SMILES string of the molecule is C=C1CCC2=C(C=C3c4nc5cc(C)c(C)c6c5c(c4CN3C2=C)CCC6)C1C. The summed E-state index contributed by atoms with van der Waals surface area (Å²) in [7, 11) is 0. The third-order valence-electron chi connectivity index (χ3n) is 7.93. The number of hydrogen-bond donors (Lipinski definition) is 0. The minimum Gasteiger partial charge on any atom is -0.335 e. The number of benzene rings is 1. The average Bonchev–Trinajstić information content (AvgIpc) is 3.08. The van der Waals surface area contributed by atoms with E-state index in [0.29, 0.717) is 5.92 Å². The highest BCUT2D eigenvalue weighted by atomic mass is 15.2. The van der Waals surface area contributed by atoms with E-state index in [1.165, 1.54) is 86.2 Å². The molecule has 2 nitrogen and oxygen atoms in total. The Bertz CT molecular complexity index is 1220. The predicted octanol–water partition coefficient (Wildman–Crippen LogP) is 6.31. The zero-order valence-electron chi connectivity index (χ0n) is 17.8. The highest BCUT2D eigenvalue weighted by Gasteiger charge is 2.37. The van der Waals surface area contributed by atoms with Crippen molar-refractivity contribution in [3.8, 4) is 0 Å². The van der Waals surface area contributed by atoms with Gasteiger partial charge in [0.1, 0.15) is 0 Å². The van der Waals surface area contributed by atoms with Gasteiger partial charge in [-0.25, -0.2) is 4.98 Å². The molecular weight excluding hydrogens is 352 g/mol. The van der Waals surface area contributed by atoms with E-state index in [4.69, 9.17) is 4.98 Å². The maximum Gasteiger partial charge on any atom is 0.0927 e. The maximum atomic E-state index is 5.27. The van der Waals surface area contributed by atoms with Crippen LogP contribution in [-0.2, 0) is 19.4 Å². The zero-order chi connectivity index (χ0) is 20.0. The van der Waals surface area contributed by atoms with Crippen LogP contribution in [0, 0.1) is 19.8 Å². The van der Waals surface area contributed by atoms with Crippen LogP contribution in [0.1, 0.15) is 59.7 Å². The van der Waals surface area contributed by atoms with Crippen molar-refractivity contribution in [2.75, 3.05) is 0 Å². The normalized spacial score (nSPS) is 22.7. The molecule has 2 aliphatic carbocycles. The molecule has 1 unspecified atom stereocenters. The highest BCUT2D eigenvalue weighted by Crippen LogP contribution is 2.49. The Balaban J connectivity index is 1.62. The molecular formula is C27H28N2. The lowest BCUT2D eigenvalue weighted by molar-refractivity contribution is 0.494. The lowest BCUT2D eigenvalue weighted by Crippen LogP contribution is -2.24. The number of fused-ring (bicyclic) bond motifs is 4. The Morgan fingerprint density at radius 3 is 2.66 bits per heavy atom. The van der Waals surface area contributed by atoms with Gasteiger partial charge in [-0.15, -0.1) is 0 Å². The van der Waals surface area contributed by atoms with E-state index in [-0.39, 0.29) is 0 Å². The Morgan fingerprint density at radius 1 is 1.03 bits per heavy atom. The molecule has 4 aliphatic rings. The van der Waals surface area contributed by atoms with Crippen LogP contribution in [-0.4, -0.2) is 9.88 Å². The van der Waals surface area contributed by atoms with Crippen molar-refractivity contribution in [1.82, 2.24) is 9.88 Å². The quantitative estimate of drug-likeness (QED) is 0.498. The number of allylic oxidation sites excluding steroid dienone is 4. The smallest absolute Gasteiger partial charge is 0.0927 e. The van der Waals surface area contributed by atoms with Crippen molar-refractivity contribution in [1.29, 1.82) is 0 Å². The van der Waals surface area contributed by atoms with Crippen LogP contribution < -0.4 is 0 Å². The van der Waals surface area contributed by atoms with Gasteiger partial charge in [-0.1, -0.05) is 25.7 Å².